The van der Waals surface area contributed by atoms with Crippen LogP contribution in [0.4, 0.5) is 0 Å². The highest BCUT2D eigenvalue weighted by atomic mass is 16.5. The second-order valence-electron chi connectivity index (χ2n) is 4.18. The number of rotatable bonds is 1. The summed E-state index contributed by atoms with van der Waals surface area (Å²) >= 11 is 0. The number of nitrogens with one attached hydrogen (secondary N) is 1. The fraction of sp³-hybridized carbons (Fsp3) is 1.00. The van der Waals surface area contributed by atoms with E-state index in [2.05, 4.69) is 24.1 Å². The molecule has 0 amide bonds. The highest BCUT2D eigenvalue weighted by Gasteiger charge is 2.46. The first kappa shape index (κ1) is 8.48. The lowest BCUT2D eigenvalue weighted by atomic mass is 9.91. The number of hydrogen-bond donors (Lipinski definition) is 1. The van der Waals surface area contributed by atoms with Crippen molar-refractivity contribution in [2.45, 2.75) is 25.4 Å². The summed E-state index contributed by atoms with van der Waals surface area (Å²) in [5.74, 6) is 0. The quantitative estimate of drug-likeness (QED) is 0.602. The van der Waals surface area contributed by atoms with Crippen LogP contribution in [0.15, 0.2) is 0 Å². The van der Waals surface area contributed by atoms with Crippen LogP contribution in [-0.2, 0) is 4.74 Å². The van der Waals surface area contributed by atoms with Crippen LogP contribution in [0.2, 0.25) is 0 Å². The van der Waals surface area contributed by atoms with Gasteiger partial charge in [0.25, 0.3) is 0 Å². The second kappa shape index (κ2) is 2.98. The predicted octanol–water partition coefficient (Wildman–Crippen LogP) is 0.0690. The van der Waals surface area contributed by atoms with Crippen molar-refractivity contribution in [3.8, 4) is 0 Å². The highest BCUT2D eigenvalue weighted by Crippen LogP contribution is 2.27. The maximum Gasteiger partial charge on any atom is 0.0807 e. The molecule has 0 aromatic carbocycles. The zero-order chi connectivity index (χ0) is 8.60. The molecule has 3 heteroatoms. The van der Waals surface area contributed by atoms with Gasteiger partial charge in [-0.1, -0.05) is 0 Å². The lowest BCUT2D eigenvalue weighted by molar-refractivity contribution is -0.157. The maximum absolute atomic E-state index is 5.31. The van der Waals surface area contributed by atoms with E-state index in [0.29, 0.717) is 11.6 Å². The Hall–Kier alpha value is -0.120. The first-order valence-electron chi connectivity index (χ1n) is 4.80. The molecule has 3 nitrogen and oxygen atoms in total. The van der Waals surface area contributed by atoms with Gasteiger partial charge in [0.2, 0.25) is 0 Å². The molecule has 0 aliphatic carbocycles. The molecule has 0 aromatic rings. The summed E-state index contributed by atoms with van der Waals surface area (Å²) in [5.41, 5.74) is 0.340. The van der Waals surface area contributed by atoms with E-state index in [1.54, 1.807) is 0 Å². The number of hydrogen-bond acceptors (Lipinski definition) is 3. The normalized spacial score (nSPS) is 29.2. The molecule has 2 aliphatic rings. The van der Waals surface area contributed by atoms with Gasteiger partial charge in [-0.05, 0) is 13.8 Å². The van der Waals surface area contributed by atoms with Gasteiger partial charge in [0.15, 0.2) is 0 Å². The van der Waals surface area contributed by atoms with Crippen molar-refractivity contribution in [1.82, 2.24) is 10.2 Å². The van der Waals surface area contributed by atoms with Crippen LogP contribution < -0.4 is 5.32 Å². The summed E-state index contributed by atoms with van der Waals surface area (Å²) < 4.78 is 5.31. The van der Waals surface area contributed by atoms with Crippen LogP contribution in [0.5, 0.6) is 0 Å². The average Bonchev–Trinajstić information content (AvgIpc) is 2.01. The van der Waals surface area contributed by atoms with E-state index in [9.17, 15) is 0 Å². The third kappa shape index (κ3) is 1.16. The zero-order valence-corrected chi connectivity index (χ0v) is 7.97. The van der Waals surface area contributed by atoms with E-state index in [-0.39, 0.29) is 0 Å². The van der Waals surface area contributed by atoms with Gasteiger partial charge in [-0.2, -0.15) is 0 Å². The van der Waals surface area contributed by atoms with Crippen LogP contribution in [0, 0.1) is 0 Å². The molecule has 2 aliphatic heterocycles. The Labute approximate surface area is 74.1 Å². The van der Waals surface area contributed by atoms with Crippen LogP contribution in [0.25, 0.3) is 0 Å². The Balaban J connectivity index is 2.06. The monoisotopic (exact) mass is 170 g/mol. The van der Waals surface area contributed by atoms with E-state index in [0.717, 1.165) is 26.3 Å². The molecule has 0 atom stereocenters. The third-order valence-corrected chi connectivity index (χ3v) is 2.96. The SMILES string of the molecule is CC(C)N1CCNCC12COC2. The molecule has 1 spiro atoms. The van der Waals surface area contributed by atoms with Gasteiger partial charge >= 0.3 is 0 Å². The van der Waals surface area contributed by atoms with Gasteiger partial charge in [-0.25, -0.2) is 0 Å². The van der Waals surface area contributed by atoms with Crippen LogP contribution in [0.3, 0.4) is 0 Å². The molecule has 2 heterocycles. The Morgan fingerprint density at radius 1 is 1.42 bits per heavy atom. The molecule has 0 bridgehead atoms. The van der Waals surface area contributed by atoms with Gasteiger partial charge in [-0.15, -0.1) is 0 Å². The van der Waals surface area contributed by atoms with E-state index in [1.165, 1.54) is 6.54 Å². The van der Waals surface area contributed by atoms with Crippen LogP contribution in [0.1, 0.15) is 13.8 Å². The van der Waals surface area contributed by atoms with E-state index >= 15 is 0 Å². The molecule has 1 N–H and O–H groups in total. The smallest absolute Gasteiger partial charge is 0.0807 e. The molecule has 0 unspecified atom stereocenters. The van der Waals surface area contributed by atoms with Crippen molar-refractivity contribution in [3.05, 3.63) is 0 Å². The number of nitrogens with zero attached hydrogens (tertiary/aromatic N) is 1. The fourth-order valence-corrected chi connectivity index (χ4v) is 2.27. The van der Waals surface area contributed by atoms with Crippen molar-refractivity contribution >= 4 is 0 Å². The predicted molar refractivity (Wildman–Crippen MR) is 48.3 cm³/mol. The average molecular weight is 170 g/mol. The molecule has 2 saturated heterocycles. The Kier molecular flexibility index (Phi) is 2.10. The van der Waals surface area contributed by atoms with Crippen molar-refractivity contribution < 1.29 is 4.74 Å². The van der Waals surface area contributed by atoms with Gasteiger partial charge in [0.05, 0.1) is 18.8 Å². The third-order valence-electron chi connectivity index (χ3n) is 2.96. The van der Waals surface area contributed by atoms with E-state index < -0.39 is 0 Å². The van der Waals surface area contributed by atoms with Crippen molar-refractivity contribution in [3.63, 3.8) is 0 Å². The largest absolute Gasteiger partial charge is 0.377 e. The molecule has 2 fully saturated rings. The molecule has 0 aromatic heterocycles. The van der Waals surface area contributed by atoms with Crippen molar-refractivity contribution in [2.24, 2.45) is 0 Å². The first-order chi connectivity index (χ1) is 5.75. The maximum atomic E-state index is 5.31. The summed E-state index contributed by atoms with van der Waals surface area (Å²) in [5, 5.41) is 3.44. The van der Waals surface area contributed by atoms with Crippen LogP contribution in [-0.4, -0.2) is 49.3 Å². The number of piperazine rings is 1. The fourth-order valence-electron chi connectivity index (χ4n) is 2.27. The minimum absolute atomic E-state index is 0.340. The minimum atomic E-state index is 0.340. The van der Waals surface area contributed by atoms with Crippen molar-refractivity contribution in [2.75, 3.05) is 32.8 Å². The lowest BCUT2D eigenvalue weighted by Crippen LogP contribution is -2.72. The standard InChI is InChI=1S/C9H18N2O/c1-8(2)11-4-3-10-5-9(11)6-12-7-9/h8,10H,3-7H2,1-2H3. The molecule has 12 heavy (non-hydrogen) atoms. The summed E-state index contributed by atoms with van der Waals surface area (Å²) in [6.45, 7) is 9.76. The molecule has 0 radical (unpaired) electrons. The summed E-state index contributed by atoms with van der Waals surface area (Å²) in [4.78, 5) is 2.58. The molecule has 2 rings (SSSR count). The first-order valence-corrected chi connectivity index (χ1v) is 4.80. The lowest BCUT2D eigenvalue weighted by Gasteiger charge is -2.54. The molecule has 70 valence electrons. The van der Waals surface area contributed by atoms with Gasteiger partial charge in [0.1, 0.15) is 0 Å². The van der Waals surface area contributed by atoms with Gasteiger partial charge in [0, 0.05) is 25.7 Å². The van der Waals surface area contributed by atoms with E-state index in [4.69, 9.17) is 4.74 Å². The highest BCUT2D eigenvalue weighted by molar-refractivity contribution is 5.02. The molecular weight excluding hydrogens is 152 g/mol. The van der Waals surface area contributed by atoms with Gasteiger partial charge < -0.3 is 10.1 Å². The van der Waals surface area contributed by atoms with E-state index in [1.807, 2.05) is 0 Å². The molecular formula is C9H18N2O. The minimum Gasteiger partial charge on any atom is -0.377 e. The number of ether oxygens (including phenoxy) is 1. The van der Waals surface area contributed by atoms with Crippen molar-refractivity contribution in [1.29, 1.82) is 0 Å². The summed E-state index contributed by atoms with van der Waals surface area (Å²) in [7, 11) is 0. The Morgan fingerprint density at radius 2 is 2.17 bits per heavy atom. The molecule has 0 saturated carbocycles. The van der Waals surface area contributed by atoms with Crippen LogP contribution >= 0.6 is 0 Å². The second-order valence-corrected chi connectivity index (χ2v) is 4.18. The zero-order valence-electron chi connectivity index (χ0n) is 7.97. The Bertz CT molecular complexity index is 166. The summed E-state index contributed by atoms with van der Waals surface area (Å²) in [6.07, 6.45) is 0. The topological polar surface area (TPSA) is 24.5 Å². The summed E-state index contributed by atoms with van der Waals surface area (Å²) in [6, 6.07) is 0.649. The Morgan fingerprint density at radius 3 is 2.58 bits per heavy atom. The van der Waals surface area contributed by atoms with Gasteiger partial charge in [-0.3, -0.25) is 4.90 Å².